The Morgan fingerprint density at radius 3 is 2.27 bits per heavy atom. The number of ether oxygens (including phenoxy) is 1. The first-order chi connectivity index (χ1) is 10.2. The lowest BCUT2D eigenvalue weighted by atomic mass is 9.86. The monoisotopic (exact) mass is 318 g/mol. The molecule has 1 aromatic carbocycles. The summed E-state index contributed by atoms with van der Waals surface area (Å²) in [4.78, 5) is 15.9. The number of methoxy groups -OCH3 is 1. The first-order valence-electron chi connectivity index (χ1n) is 6.89. The summed E-state index contributed by atoms with van der Waals surface area (Å²) in [5.74, 6) is -0.593. The van der Waals surface area contributed by atoms with Crippen LogP contribution in [0.1, 0.15) is 36.7 Å². The molecule has 0 amide bonds. The Morgan fingerprint density at radius 2 is 1.82 bits per heavy atom. The summed E-state index contributed by atoms with van der Waals surface area (Å²) in [7, 11) is 1.28. The summed E-state index contributed by atoms with van der Waals surface area (Å²) in [6, 6.07) is 9.67. The van der Waals surface area contributed by atoms with Crippen molar-refractivity contribution in [1.82, 2.24) is 4.98 Å². The average molecular weight is 319 g/mol. The van der Waals surface area contributed by atoms with Crippen molar-refractivity contribution in [3.63, 3.8) is 0 Å². The molecule has 0 aliphatic rings. The summed E-state index contributed by atoms with van der Waals surface area (Å²) in [6.45, 7) is 6.46. The fourth-order valence-electron chi connectivity index (χ4n) is 2.13. The number of aromatic nitrogens is 1. The van der Waals surface area contributed by atoms with Crippen molar-refractivity contribution in [3.8, 4) is 11.3 Å². The molecular weight excluding hydrogens is 300 g/mol. The number of hydrogen-bond donors (Lipinski definition) is 1. The van der Waals surface area contributed by atoms with E-state index >= 15 is 0 Å². The molecule has 0 fully saturated rings. The second-order valence-electron chi connectivity index (χ2n) is 6.08. The third-order valence-corrected chi connectivity index (χ3v) is 3.72. The van der Waals surface area contributed by atoms with Gasteiger partial charge in [0, 0.05) is 5.56 Å². The number of carbonyl (C=O) groups excluding carboxylic acids is 1. The standard InChI is InChI=1S/C17H19ClN2O2/c1-17(2,3)11-7-5-10(6-8-11)13-9-12(19)14(15(18)20-13)16(21)22-4/h5-9H,1-4H3,(H2,19,20). The number of nitrogens with two attached hydrogens (primary N) is 1. The van der Waals surface area contributed by atoms with E-state index in [0.717, 1.165) is 5.56 Å². The predicted molar refractivity (Wildman–Crippen MR) is 89.1 cm³/mol. The van der Waals surface area contributed by atoms with Gasteiger partial charge >= 0.3 is 5.97 Å². The van der Waals surface area contributed by atoms with Crippen LogP contribution < -0.4 is 5.73 Å². The van der Waals surface area contributed by atoms with Crippen LogP contribution in [-0.4, -0.2) is 18.1 Å². The fraction of sp³-hybridized carbons (Fsp3) is 0.294. The number of hydrogen-bond acceptors (Lipinski definition) is 4. The summed E-state index contributed by atoms with van der Waals surface area (Å²) in [5.41, 5.74) is 9.07. The molecule has 0 saturated carbocycles. The zero-order valence-corrected chi connectivity index (χ0v) is 13.9. The Labute approximate surface area is 135 Å². The van der Waals surface area contributed by atoms with E-state index in [9.17, 15) is 4.79 Å². The van der Waals surface area contributed by atoms with Gasteiger partial charge in [0.1, 0.15) is 10.7 Å². The number of nitrogen functional groups attached to an aromatic ring is 1. The molecule has 0 bridgehead atoms. The molecule has 2 aromatic rings. The minimum Gasteiger partial charge on any atom is -0.465 e. The number of pyridine rings is 1. The molecule has 2 N–H and O–H groups in total. The molecule has 0 spiro atoms. The normalized spacial score (nSPS) is 11.3. The molecule has 116 valence electrons. The van der Waals surface area contributed by atoms with Crippen molar-refractivity contribution in [2.24, 2.45) is 0 Å². The molecule has 0 aliphatic carbocycles. The molecule has 1 heterocycles. The molecule has 22 heavy (non-hydrogen) atoms. The molecule has 0 saturated heterocycles. The Hall–Kier alpha value is -2.07. The predicted octanol–water partition coefficient (Wildman–Crippen LogP) is 4.07. The zero-order chi connectivity index (χ0) is 16.5. The number of anilines is 1. The molecular formula is C17H19ClN2O2. The third-order valence-electron chi connectivity index (χ3n) is 3.44. The summed E-state index contributed by atoms with van der Waals surface area (Å²) < 4.78 is 4.65. The minimum atomic E-state index is -0.593. The maximum Gasteiger partial charge on any atom is 0.343 e. The van der Waals surface area contributed by atoms with Gasteiger partial charge in [-0.25, -0.2) is 9.78 Å². The van der Waals surface area contributed by atoms with Gasteiger partial charge in [0.05, 0.1) is 18.5 Å². The van der Waals surface area contributed by atoms with Crippen LogP contribution in [0.4, 0.5) is 5.69 Å². The van der Waals surface area contributed by atoms with Crippen molar-refractivity contribution >= 4 is 23.3 Å². The number of benzene rings is 1. The van der Waals surface area contributed by atoms with Gasteiger partial charge in [-0.05, 0) is 17.0 Å². The number of carbonyl (C=O) groups is 1. The second kappa shape index (κ2) is 5.97. The topological polar surface area (TPSA) is 65.2 Å². The first kappa shape index (κ1) is 16.3. The number of esters is 1. The van der Waals surface area contributed by atoms with Crippen LogP contribution in [0.3, 0.4) is 0 Å². The van der Waals surface area contributed by atoms with Crippen molar-refractivity contribution < 1.29 is 9.53 Å². The maximum absolute atomic E-state index is 11.6. The van der Waals surface area contributed by atoms with Crippen molar-refractivity contribution in [2.75, 3.05) is 12.8 Å². The quantitative estimate of drug-likeness (QED) is 0.669. The van der Waals surface area contributed by atoms with E-state index in [0.29, 0.717) is 5.69 Å². The Bertz CT molecular complexity index is 681. The Kier molecular flexibility index (Phi) is 4.42. The third kappa shape index (κ3) is 3.22. The average Bonchev–Trinajstić information content (AvgIpc) is 2.45. The molecule has 0 unspecified atom stereocenters. The molecule has 2 rings (SSSR count). The van der Waals surface area contributed by atoms with Gasteiger partial charge in [0.15, 0.2) is 0 Å². The Morgan fingerprint density at radius 1 is 1.23 bits per heavy atom. The number of rotatable bonds is 2. The number of halogens is 1. The highest BCUT2D eigenvalue weighted by molar-refractivity contribution is 6.33. The van der Waals surface area contributed by atoms with Crippen molar-refractivity contribution in [2.45, 2.75) is 26.2 Å². The lowest BCUT2D eigenvalue weighted by Gasteiger charge is -2.19. The van der Waals surface area contributed by atoms with Crippen LogP contribution in [0.2, 0.25) is 5.15 Å². The van der Waals surface area contributed by atoms with Gasteiger partial charge < -0.3 is 10.5 Å². The van der Waals surface area contributed by atoms with Gasteiger partial charge in [-0.15, -0.1) is 0 Å². The van der Waals surface area contributed by atoms with E-state index in [1.54, 1.807) is 6.07 Å². The second-order valence-corrected chi connectivity index (χ2v) is 6.44. The summed E-state index contributed by atoms with van der Waals surface area (Å²) in [5, 5.41) is 0.0433. The number of nitrogens with zero attached hydrogens (tertiary/aromatic N) is 1. The lowest BCUT2D eigenvalue weighted by molar-refractivity contribution is 0.0601. The highest BCUT2D eigenvalue weighted by Crippen LogP contribution is 2.29. The van der Waals surface area contributed by atoms with Crippen LogP contribution in [0.15, 0.2) is 30.3 Å². The molecule has 4 nitrogen and oxygen atoms in total. The molecule has 0 aliphatic heterocycles. The van der Waals surface area contributed by atoms with E-state index in [1.165, 1.54) is 12.7 Å². The van der Waals surface area contributed by atoms with E-state index in [4.69, 9.17) is 17.3 Å². The van der Waals surface area contributed by atoms with Gasteiger partial charge in [0.2, 0.25) is 0 Å². The smallest absolute Gasteiger partial charge is 0.343 e. The SMILES string of the molecule is COC(=O)c1c(N)cc(-c2ccc(C(C)(C)C)cc2)nc1Cl. The van der Waals surface area contributed by atoms with Crippen LogP contribution in [0.25, 0.3) is 11.3 Å². The summed E-state index contributed by atoms with van der Waals surface area (Å²) in [6.07, 6.45) is 0. The van der Waals surface area contributed by atoms with Crippen LogP contribution >= 0.6 is 11.6 Å². The maximum atomic E-state index is 11.6. The largest absolute Gasteiger partial charge is 0.465 e. The van der Waals surface area contributed by atoms with E-state index in [2.05, 4.69) is 42.6 Å². The van der Waals surface area contributed by atoms with E-state index < -0.39 is 5.97 Å². The van der Waals surface area contributed by atoms with Crippen LogP contribution in [0, 0.1) is 0 Å². The first-order valence-corrected chi connectivity index (χ1v) is 7.27. The molecule has 0 radical (unpaired) electrons. The summed E-state index contributed by atoms with van der Waals surface area (Å²) >= 11 is 6.07. The Balaban J connectivity index is 2.44. The molecule has 1 aromatic heterocycles. The van der Waals surface area contributed by atoms with Gasteiger partial charge in [-0.3, -0.25) is 0 Å². The lowest BCUT2D eigenvalue weighted by Crippen LogP contribution is -2.10. The van der Waals surface area contributed by atoms with Gasteiger partial charge in [-0.2, -0.15) is 0 Å². The zero-order valence-electron chi connectivity index (χ0n) is 13.1. The minimum absolute atomic E-state index is 0.0433. The molecule has 0 atom stereocenters. The van der Waals surface area contributed by atoms with Crippen molar-refractivity contribution in [1.29, 1.82) is 0 Å². The van der Waals surface area contributed by atoms with Crippen LogP contribution in [-0.2, 0) is 10.2 Å². The van der Waals surface area contributed by atoms with E-state index in [1.807, 2.05) is 12.1 Å². The van der Waals surface area contributed by atoms with E-state index in [-0.39, 0.29) is 21.8 Å². The van der Waals surface area contributed by atoms with Crippen molar-refractivity contribution in [3.05, 3.63) is 46.6 Å². The fourth-order valence-corrected chi connectivity index (χ4v) is 2.40. The van der Waals surface area contributed by atoms with Gasteiger partial charge in [-0.1, -0.05) is 56.6 Å². The highest BCUT2D eigenvalue weighted by atomic mass is 35.5. The highest BCUT2D eigenvalue weighted by Gasteiger charge is 2.18. The molecule has 5 heteroatoms. The van der Waals surface area contributed by atoms with Gasteiger partial charge in [0.25, 0.3) is 0 Å². The van der Waals surface area contributed by atoms with Crippen LogP contribution in [0.5, 0.6) is 0 Å².